The SMILES string of the molecule is CCOc1c(C)cc(S(=O)(=O)NCC(OC)c2ccccc2C)cc1C. The Kier molecular flexibility index (Phi) is 6.81. The molecule has 0 fully saturated rings. The summed E-state index contributed by atoms with van der Waals surface area (Å²) in [5.74, 6) is 0.737. The lowest BCUT2D eigenvalue weighted by Crippen LogP contribution is -2.29. The maximum atomic E-state index is 12.7. The third-order valence-corrected chi connectivity index (χ3v) is 5.71. The summed E-state index contributed by atoms with van der Waals surface area (Å²) in [5, 5.41) is 0. The van der Waals surface area contributed by atoms with Crippen molar-refractivity contribution in [3.63, 3.8) is 0 Å². The zero-order valence-corrected chi connectivity index (χ0v) is 16.8. The fourth-order valence-corrected chi connectivity index (χ4v) is 4.18. The molecule has 1 unspecified atom stereocenters. The number of aryl methyl sites for hydroxylation is 3. The number of benzene rings is 2. The highest BCUT2D eigenvalue weighted by Crippen LogP contribution is 2.27. The topological polar surface area (TPSA) is 64.6 Å². The third-order valence-electron chi connectivity index (χ3n) is 4.31. The fraction of sp³-hybridized carbons (Fsp3) is 0.400. The van der Waals surface area contributed by atoms with Crippen molar-refractivity contribution < 1.29 is 17.9 Å². The lowest BCUT2D eigenvalue weighted by Gasteiger charge is -2.19. The normalized spacial score (nSPS) is 12.8. The third kappa shape index (κ3) is 4.63. The van der Waals surface area contributed by atoms with Crippen LogP contribution in [0.1, 0.15) is 35.3 Å². The van der Waals surface area contributed by atoms with E-state index in [4.69, 9.17) is 9.47 Å². The first kappa shape index (κ1) is 20.4. The van der Waals surface area contributed by atoms with Crippen LogP contribution in [0, 0.1) is 20.8 Å². The molecule has 6 heteroatoms. The van der Waals surface area contributed by atoms with Crippen LogP contribution in [-0.4, -0.2) is 28.7 Å². The standard InChI is InChI=1S/C20H27NO4S/c1-6-25-20-15(3)11-17(12-16(20)4)26(22,23)21-13-19(24-5)18-10-8-7-9-14(18)2/h7-12,19,21H,6,13H2,1-5H3. The van der Waals surface area contributed by atoms with Crippen molar-refractivity contribution >= 4 is 10.0 Å². The number of methoxy groups -OCH3 is 1. The van der Waals surface area contributed by atoms with Crippen LogP contribution in [0.5, 0.6) is 5.75 Å². The van der Waals surface area contributed by atoms with Gasteiger partial charge in [-0.25, -0.2) is 13.1 Å². The summed E-state index contributed by atoms with van der Waals surface area (Å²) in [5.41, 5.74) is 3.63. The molecule has 2 aromatic carbocycles. The van der Waals surface area contributed by atoms with Gasteiger partial charge in [0.25, 0.3) is 0 Å². The second-order valence-corrected chi connectivity index (χ2v) is 8.02. The van der Waals surface area contributed by atoms with Gasteiger partial charge in [0.05, 0.1) is 17.6 Å². The second kappa shape index (κ2) is 8.66. The van der Waals surface area contributed by atoms with E-state index in [1.54, 1.807) is 19.2 Å². The van der Waals surface area contributed by atoms with Crippen molar-refractivity contribution in [3.8, 4) is 5.75 Å². The van der Waals surface area contributed by atoms with E-state index in [1.807, 2.05) is 52.0 Å². The first-order valence-electron chi connectivity index (χ1n) is 8.62. The Morgan fingerprint density at radius 2 is 1.65 bits per heavy atom. The summed E-state index contributed by atoms with van der Waals surface area (Å²) in [6.07, 6.45) is -0.351. The van der Waals surface area contributed by atoms with Gasteiger partial charge in [-0.2, -0.15) is 0 Å². The molecule has 0 aliphatic carbocycles. The van der Waals surface area contributed by atoms with E-state index in [9.17, 15) is 8.42 Å². The predicted octanol–water partition coefficient (Wildman–Crippen LogP) is 3.68. The van der Waals surface area contributed by atoms with E-state index in [1.165, 1.54) is 0 Å². The minimum atomic E-state index is -3.65. The zero-order valence-electron chi connectivity index (χ0n) is 16.0. The fourth-order valence-electron chi connectivity index (χ4n) is 2.97. The molecule has 2 rings (SSSR count). The molecule has 0 heterocycles. The molecule has 1 atom stereocenters. The quantitative estimate of drug-likeness (QED) is 0.762. The van der Waals surface area contributed by atoms with E-state index in [-0.39, 0.29) is 17.5 Å². The van der Waals surface area contributed by atoms with Gasteiger partial charge in [0.15, 0.2) is 0 Å². The Balaban J connectivity index is 2.22. The summed E-state index contributed by atoms with van der Waals surface area (Å²) >= 11 is 0. The minimum absolute atomic E-state index is 0.162. The highest BCUT2D eigenvalue weighted by molar-refractivity contribution is 7.89. The lowest BCUT2D eigenvalue weighted by molar-refractivity contribution is 0.107. The average molecular weight is 378 g/mol. The van der Waals surface area contributed by atoms with E-state index in [0.29, 0.717) is 6.61 Å². The van der Waals surface area contributed by atoms with Gasteiger partial charge in [0, 0.05) is 13.7 Å². The van der Waals surface area contributed by atoms with Crippen LogP contribution in [0.4, 0.5) is 0 Å². The Bertz CT molecular complexity index is 839. The highest BCUT2D eigenvalue weighted by Gasteiger charge is 2.20. The van der Waals surface area contributed by atoms with Gasteiger partial charge in [-0.1, -0.05) is 24.3 Å². The summed E-state index contributed by atoms with van der Waals surface area (Å²) in [6.45, 7) is 8.29. The summed E-state index contributed by atoms with van der Waals surface area (Å²) < 4.78 is 39.2. The van der Waals surface area contributed by atoms with E-state index < -0.39 is 10.0 Å². The first-order chi connectivity index (χ1) is 12.3. The molecule has 0 aromatic heterocycles. The van der Waals surface area contributed by atoms with Crippen molar-refractivity contribution in [1.29, 1.82) is 0 Å². The van der Waals surface area contributed by atoms with Gasteiger partial charge in [-0.15, -0.1) is 0 Å². The molecule has 2 aromatic rings. The van der Waals surface area contributed by atoms with E-state index in [0.717, 1.165) is 28.0 Å². The molecule has 0 spiro atoms. The van der Waals surface area contributed by atoms with Crippen molar-refractivity contribution in [2.45, 2.75) is 38.7 Å². The van der Waals surface area contributed by atoms with Crippen molar-refractivity contribution in [1.82, 2.24) is 4.72 Å². The highest BCUT2D eigenvalue weighted by atomic mass is 32.2. The van der Waals surface area contributed by atoms with E-state index >= 15 is 0 Å². The zero-order chi connectivity index (χ0) is 19.3. The number of hydrogen-bond donors (Lipinski definition) is 1. The van der Waals surface area contributed by atoms with Crippen LogP contribution in [0.3, 0.4) is 0 Å². The first-order valence-corrected chi connectivity index (χ1v) is 10.1. The van der Waals surface area contributed by atoms with Crippen molar-refractivity contribution in [2.24, 2.45) is 0 Å². The van der Waals surface area contributed by atoms with Gasteiger partial charge in [-0.05, 0) is 62.1 Å². The van der Waals surface area contributed by atoms with Gasteiger partial charge in [0.1, 0.15) is 5.75 Å². The van der Waals surface area contributed by atoms with Crippen LogP contribution in [0.15, 0.2) is 41.3 Å². The van der Waals surface area contributed by atoms with Gasteiger partial charge in [-0.3, -0.25) is 0 Å². The molecule has 0 aliphatic heterocycles. The molecule has 0 aliphatic rings. The summed E-state index contributed by atoms with van der Waals surface area (Å²) in [4.78, 5) is 0.232. The Labute approximate surface area is 156 Å². The predicted molar refractivity (Wildman–Crippen MR) is 103 cm³/mol. The van der Waals surface area contributed by atoms with Crippen LogP contribution in [0.2, 0.25) is 0 Å². The number of hydrogen-bond acceptors (Lipinski definition) is 4. The molecular weight excluding hydrogens is 350 g/mol. The minimum Gasteiger partial charge on any atom is -0.493 e. The molecule has 26 heavy (non-hydrogen) atoms. The number of nitrogens with one attached hydrogen (secondary N) is 1. The Morgan fingerprint density at radius 1 is 1.04 bits per heavy atom. The number of rotatable bonds is 8. The lowest BCUT2D eigenvalue weighted by atomic mass is 10.0. The van der Waals surface area contributed by atoms with Gasteiger partial charge >= 0.3 is 0 Å². The number of sulfonamides is 1. The molecule has 0 radical (unpaired) electrons. The average Bonchev–Trinajstić information content (AvgIpc) is 2.59. The Morgan fingerprint density at radius 3 is 2.19 bits per heavy atom. The molecule has 0 saturated heterocycles. The molecule has 1 N–H and O–H groups in total. The Hall–Kier alpha value is -1.89. The van der Waals surface area contributed by atoms with E-state index in [2.05, 4.69) is 4.72 Å². The van der Waals surface area contributed by atoms with Crippen LogP contribution < -0.4 is 9.46 Å². The van der Waals surface area contributed by atoms with Crippen molar-refractivity contribution in [2.75, 3.05) is 20.3 Å². The van der Waals surface area contributed by atoms with Gasteiger partial charge < -0.3 is 9.47 Å². The molecule has 0 amide bonds. The second-order valence-electron chi connectivity index (χ2n) is 6.25. The smallest absolute Gasteiger partial charge is 0.240 e. The molecule has 0 bridgehead atoms. The largest absolute Gasteiger partial charge is 0.493 e. The number of ether oxygens (including phenoxy) is 2. The summed E-state index contributed by atoms with van der Waals surface area (Å²) in [6, 6.07) is 11.1. The molecular formula is C20H27NO4S. The summed E-state index contributed by atoms with van der Waals surface area (Å²) in [7, 11) is -2.07. The van der Waals surface area contributed by atoms with Crippen LogP contribution >= 0.6 is 0 Å². The van der Waals surface area contributed by atoms with Gasteiger partial charge in [0.2, 0.25) is 10.0 Å². The van der Waals surface area contributed by atoms with Crippen LogP contribution in [-0.2, 0) is 14.8 Å². The monoisotopic (exact) mass is 377 g/mol. The molecule has 0 saturated carbocycles. The maximum Gasteiger partial charge on any atom is 0.240 e. The molecule has 5 nitrogen and oxygen atoms in total. The molecule has 142 valence electrons. The van der Waals surface area contributed by atoms with Crippen molar-refractivity contribution in [3.05, 3.63) is 58.7 Å². The maximum absolute atomic E-state index is 12.7. The van der Waals surface area contributed by atoms with Crippen LogP contribution in [0.25, 0.3) is 0 Å².